The van der Waals surface area contributed by atoms with Gasteiger partial charge in [0.05, 0.1) is 5.57 Å². The van der Waals surface area contributed by atoms with Crippen molar-refractivity contribution in [3.8, 4) is 5.75 Å². The molecule has 1 amide bonds. The van der Waals surface area contributed by atoms with Crippen molar-refractivity contribution in [2.24, 2.45) is 10.4 Å². The maximum Gasteiger partial charge on any atom is 0.328 e. The van der Waals surface area contributed by atoms with Gasteiger partial charge in [-0.1, -0.05) is 32.1 Å². The molecule has 1 aliphatic rings. The lowest BCUT2D eigenvalue weighted by atomic mass is 9.75. The maximum atomic E-state index is 12.5. The fourth-order valence-corrected chi connectivity index (χ4v) is 3.54. The molecule has 0 radical (unpaired) electrons. The van der Waals surface area contributed by atoms with E-state index in [4.69, 9.17) is 4.74 Å². The van der Waals surface area contributed by atoms with Crippen molar-refractivity contribution in [1.29, 1.82) is 0 Å². The summed E-state index contributed by atoms with van der Waals surface area (Å²) in [5.74, 6) is -0.739. The lowest BCUT2D eigenvalue weighted by Crippen LogP contribution is -2.30. The van der Waals surface area contributed by atoms with E-state index in [-0.39, 0.29) is 41.1 Å². The largest absolute Gasteiger partial charge is 0.511 e. The Labute approximate surface area is 187 Å². The molecule has 1 unspecified atom stereocenters. The summed E-state index contributed by atoms with van der Waals surface area (Å²) in [6, 6.07) is 5.92. The number of nitrogens with zero attached hydrogens (tertiary/aromatic N) is 1. The molecule has 0 spiro atoms. The molecular weight excluding hydrogens is 412 g/mol. The minimum atomic E-state index is -1.11. The zero-order chi connectivity index (χ0) is 23.7. The second-order valence-electron chi connectivity index (χ2n) is 8.49. The molecule has 32 heavy (non-hydrogen) atoms. The molecule has 0 aromatic heterocycles. The summed E-state index contributed by atoms with van der Waals surface area (Å²) in [6.45, 7) is 6.13. The van der Waals surface area contributed by atoms with Gasteiger partial charge in [0.2, 0.25) is 6.41 Å². The van der Waals surface area contributed by atoms with Gasteiger partial charge in [0, 0.05) is 31.5 Å². The summed E-state index contributed by atoms with van der Waals surface area (Å²) in [7, 11) is 0. The lowest BCUT2D eigenvalue weighted by molar-refractivity contribution is -0.138. The highest BCUT2D eigenvalue weighted by molar-refractivity contribution is 6.22. The molecule has 0 heterocycles. The predicted molar refractivity (Wildman–Crippen MR) is 121 cm³/mol. The third-order valence-corrected chi connectivity index (χ3v) is 5.03. The molecule has 0 saturated heterocycles. The summed E-state index contributed by atoms with van der Waals surface area (Å²) in [5.41, 5.74) is 0.798. The fourth-order valence-electron chi connectivity index (χ4n) is 3.54. The Morgan fingerprint density at radius 2 is 1.94 bits per heavy atom. The van der Waals surface area contributed by atoms with Crippen LogP contribution in [0.4, 0.5) is 0 Å². The van der Waals surface area contributed by atoms with Crippen LogP contribution in [0, 0.1) is 5.41 Å². The first-order valence-corrected chi connectivity index (χ1v) is 10.4. The minimum Gasteiger partial charge on any atom is -0.511 e. The Hall–Kier alpha value is -3.42. The topological polar surface area (TPSA) is 125 Å². The van der Waals surface area contributed by atoms with Crippen molar-refractivity contribution >= 4 is 23.9 Å². The first-order chi connectivity index (χ1) is 15.1. The summed E-state index contributed by atoms with van der Waals surface area (Å²) in [4.78, 5) is 38.7. The summed E-state index contributed by atoms with van der Waals surface area (Å²) >= 11 is 0. The van der Waals surface area contributed by atoms with E-state index in [0.717, 1.165) is 5.56 Å². The van der Waals surface area contributed by atoms with E-state index >= 15 is 0 Å². The first kappa shape index (κ1) is 24.8. The van der Waals surface area contributed by atoms with Gasteiger partial charge in [-0.15, -0.1) is 0 Å². The number of aliphatic carboxylic acids is 1. The quantitative estimate of drug-likeness (QED) is 0.209. The van der Waals surface area contributed by atoms with Gasteiger partial charge in [-0.2, -0.15) is 0 Å². The second kappa shape index (κ2) is 11.3. The van der Waals surface area contributed by atoms with Crippen molar-refractivity contribution < 1.29 is 29.3 Å². The summed E-state index contributed by atoms with van der Waals surface area (Å²) < 4.78 is 5.56. The molecule has 1 atom stereocenters. The van der Waals surface area contributed by atoms with E-state index in [1.807, 2.05) is 13.8 Å². The number of aliphatic imine (C=N–C) groups is 1. The van der Waals surface area contributed by atoms with E-state index in [2.05, 4.69) is 10.3 Å². The van der Waals surface area contributed by atoms with Crippen molar-refractivity contribution in [2.75, 3.05) is 13.2 Å². The molecule has 0 fully saturated rings. The Morgan fingerprint density at radius 3 is 2.53 bits per heavy atom. The molecule has 1 aromatic rings. The van der Waals surface area contributed by atoms with Gasteiger partial charge in [-0.3, -0.25) is 14.6 Å². The maximum absolute atomic E-state index is 12.5. The van der Waals surface area contributed by atoms with Crippen LogP contribution in [-0.4, -0.2) is 53.3 Å². The molecule has 8 heteroatoms. The highest BCUT2D eigenvalue weighted by atomic mass is 16.5. The molecule has 8 nitrogen and oxygen atoms in total. The van der Waals surface area contributed by atoms with E-state index < -0.39 is 12.0 Å². The molecule has 2 rings (SSSR count). The van der Waals surface area contributed by atoms with Gasteiger partial charge in [0.25, 0.3) is 0 Å². The molecule has 0 aliphatic heterocycles. The van der Waals surface area contributed by atoms with Crippen LogP contribution in [0.5, 0.6) is 5.75 Å². The number of ketones is 1. The number of aliphatic hydroxyl groups is 1. The number of hydrogen-bond acceptors (Lipinski definition) is 6. The van der Waals surface area contributed by atoms with Gasteiger partial charge in [-0.25, -0.2) is 4.79 Å². The van der Waals surface area contributed by atoms with Crippen LogP contribution in [0.1, 0.15) is 39.2 Å². The van der Waals surface area contributed by atoms with E-state index in [0.29, 0.717) is 31.7 Å². The van der Waals surface area contributed by atoms with Crippen LogP contribution in [0.3, 0.4) is 0 Å². The van der Waals surface area contributed by atoms with Crippen molar-refractivity contribution in [1.82, 2.24) is 5.32 Å². The Balaban J connectivity index is 2.06. The Kier molecular flexibility index (Phi) is 8.75. The number of rotatable bonds is 11. The van der Waals surface area contributed by atoms with Crippen LogP contribution < -0.4 is 10.1 Å². The number of carboxylic acid groups (broad SMARTS) is 1. The van der Waals surface area contributed by atoms with Gasteiger partial charge in [-0.05, 0) is 36.1 Å². The van der Waals surface area contributed by atoms with Gasteiger partial charge >= 0.3 is 5.97 Å². The zero-order valence-electron chi connectivity index (χ0n) is 18.6. The van der Waals surface area contributed by atoms with Crippen molar-refractivity contribution in [3.05, 3.63) is 53.3 Å². The molecule has 1 aliphatic carbocycles. The lowest BCUT2D eigenvalue weighted by Gasteiger charge is -2.29. The van der Waals surface area contributed by atoms with Crippen LogP contribution in [0.2, 0.25) is 0 Å². The van der Waals surface area contributed by atoms with Crippen molar-refractivity contribution in [3.63, 3.8) is 0 Å². The molecule has 0 bridgehead atoms. The number of nitrogens with one attached hydrogen (secondary N) is 1. The smallest absolute Gasteiger partial charge is 0.328 e. The molecule has 0 saturated carbocycles. The van der Waals surface area contributed by atoms with E-state index in [1.165, 1.54) is 0 Å². The zero-order valence-corrected chi connectivity index (χ0v) is 18.6. The number of hydrogen-bond donors (Lipinski definition) is 3. The number of Topliss-reactive ketones (excluding diaryl/α,β-unsaturated/α-hetero) is 1. The number of ether oxygens (including phenoxy) is 1. The number of aliphatic hydroxyl groups excluding tert-OH is 1. The van der Waals surface area contributed by atoms with E-state index in [9.17, 15) is 24.6 Å². The Morgan fingerprint density at radius 1 is 1.25 bits per heavy atom. The minimum absolute atomic E-state index is 0.0332. The van der Waals surface area contributed by atoms with Crippen molar-refractivity contribution in [2.45, 2.75) is 46.1 Å². The van der Waals surface area contributed by atoms with Crippen LogP contribution in [-0.2, 0) is 20.8 Å². The number of carbonyl (C=O) groups is 3. The number of allylic oxidation sites excluding steroid dienone is 2. The third-order valence-electron chi connectivity index (χ3n) is 5.03. The Bertz CT molecular complexity index is 928. The monoisotopic (exact) mass is 442 g/mol. The SMILES string of the molecule is CC(=NC(Cc1ccc(OC/C=C/CNC=O)cc1)C(=O)O)C1=C(O)CC(C)(C)CC1=O. The average molecular weight is 443 g/mol. The third kappa shape index (κ3) is 7.37. The normalized spacial score (nSPS) is 17.3. The van der Waals surface area contributed by atoms with Crippen LogP contribution in [0.25, 0.3) is 0 Å². The molecule has 3 N–H and O–H groups in total. The number of carboxylic acids is 1. The second-order valence-corrected chi connectivity index (χ2v) is 8.49. The number of amides is 1. The van der Waals surface area contributed by atoms with E-state index in [1.54, 1.807) is 43.3 Å². The molecule has 172 valence electrons. The highest BCUT2D eigenvalue weighted by Crippen LogP contribution is 2.36. The van der Waals surface area contributed by atoms with Crippen LogP contribution in [0.15, 0.2) is 52.7 Å². The van der Waals surface area contributed by atoms with Gasteiger partial charge < -0.3 is 20.3 Å². The predicted octanol–water partition coefficient (Wildman–Crippen LogP) is 3.03. The highest BCUT2D eigenvalue weighted by Gasteiger charge is 2.34. The first-order valence-electron chi connectivity index (χ1n) is 10.4. The molecular formula is C24H30N2O6. The van der Waals surface area contributed by atoms with Gasteiger partial charge in [0.1, 0.15) is 18.1 Å². The number of benzene rings is 1. The van der Waals surface area contributed by atoms with Gasteiger partial charge in [0.15, 0.2) is 11.8 Å². The van der Waals surface area contributed by atoms with Crippen LogP contribution >= 0.6 is 0 Å². The fraction of sp³-hybridized carbons (Fsp3) is 0.417. The summed E-state index contributed by atoms with van der Waals surface area (Å²) in [6.07, 6.45) is 4.93. The summed E-state index contributed by atoms with van der Waals surface area (Å²) in [5, 5.41) is 22.5. The standard InChI is InChI=1S/C24H30N2O6/c1-16(22-20(28)13-24(2,3)14-21(22)29)26-19(23(30)31)12-17-6-8-18(9-7-17)32-11-5-4-10-25-15-27/h4-9,15,19,28H,10-14H2,1-3H3,(H,25,27)(H,30,31)/b5-4+,26-16?. The molecule has 1 aromatic carbocycles. The average Bonchev–Trinajstić information content (AvgIpc) is 2.69. The number of carbonyl (C=O) groups excluding carboxylic acids is 2.